The average Bonchev–Trinajstić information content (AvgIpc) is 2.55. The molecule has 1 amide bonds. The van der Waals surface area contributed by atoms with E-state index in [0.717, 1.165) is 18.0 Å². The summed E-state index contributed by atoms with van der Waals surface area (Å²) in [5, 5.41) is 12.7. The van der Waals surface area contributed by atoms with Crippen molar-refractivity contribution in [2.24, 2.45) is 11.8 Å². The van der Waals surface area contributed by atoms with E-state index in [4.69, 9.17) is 0 Å². The van der Waals surface area contributed by atoms with Crippen molar-refractivity contribution >= 4 is 5.91 Å². The molecule has 0 spiro atoms. The van der Waals surface area contributed by atoms with Gasteiger partial charge >= 0.3 is 0 Å². The Morgan fingerprint density at radius 1 is 1.29 bits per heavy atom. The van der Waals surface area contributed by atoms with Crippen molar-refractivity contribution in [3.05, 3.63) is 35.4 Å². The summed E-state index contributed by atoms with van der Waals surface area (Å²) >= 11 is 0. The summed E-state index contributed by atoms with van der Waals surface area (Å²) < 4.78 is 0. The van der Waals surface area contributed by atoms with Crippen LogP contribution in [-0.2, 0) is 17.9 Å². The van der Waals surface area contributed by atoms with Gasteiger partial charge in [-0.05, 0) is 48.9 Å². The van der Waals surface area contributed by atoms with E-state index in [1.54, 1.807) is 0 Å². The van der Waals surface area contributed by atoms with Gasteiger partial charge in [0.25, 0.3) is 0 Å². The van der Waals surface area contributed by atoms with Crippen LogP contribution in [0.2, 0.25) is 0 Å². The first-order valence-corrected chi connectivity index (χ1v) is 9.19. The van der Waals surface area contributed by atoms with E-state index in [2.05, 4.69) is 35.3 Å². The number of aliphatic hydroxyl groups is 1. The zero-order valence-electron chi connectivity index (χ0n) is 15.3. The molecule has 134 valence electrons. The van der Waals surface area contributed by atoms with E-state index >= 15 is 0 Å². The van der Waals surface area contributed by atoms with E-state index in [9.17, 15) is 9.90 Å². The van der Waals surface area contributed by atoms with Crippen molar-refractivity contribution in [1.29, 1.82) is 0 Å². The van der Waals surface area contributed by atoms with Crippen LogP contribution in [0.3, 0.4) is 0 Å². The van der Waals surface area contributed by atoms with E-state index in [1.807, 2.05) is 19.9 Å². The molecule has 4 heteroatoms. The normalized spacial score (nSPS) is 17.9. The molecule has 2 N–H and O–H groups in total. The lowest BCUT2D eigenvalue weighted by atomic mass is 9.98. The number of nitrogens with zero attached hydrogens (tertiary/aromatic N) is 1. The summed E-state index contributed by atoms with van der Waals surface area (Å²) in [6.07, 6.45) is 2.17. The van der Waals surface area contributed by atoms with Gasteiger partial charge in [0.1, 0.15) is 0 Å². The Balaban J connectivity index is 1.81. The predicted octanol–water partition coefficient (Wildman–Crippen LogP) is 2.94. The summed E-state index contributed by atoms with van der Waals surface area (Å²) in [6, 6.07) is 8.44. The van der Waals surface area contributed by atoms with Gasteiger partial charge < -0.3 is 10.4 Å². The summed E-state index contributed by atoms with van der Waals surface area (Å²) in [4.78, 5) is 14.4. The fourth-order valence-corrected chi connectivity index (χ4v) is 3.01. The van der Waals surface area contributed by atoms with Crippen molar-refractivity contribution in [2.75, 3.05) is 13.1 Å². The second kappa shape index (κ2) is 9.19. The highest BCUT2D eigenvalue weighted by molar-refractivity contribution is 5.76. The van der Waals surface area contributed by atoms with Gasteiger partial charge in [0.15, 0.2) is 0 Å². The molecule has 0 radical (unpaired) electrons. The van der Waals surface area contributed by atoms with Gasteiger partial charge in [0, 0.05) is 13.1 Å². The van der Waals surface area contributed by atoms with Crippen LogP contribution in [0.25, 0.3) is 0 Å². The Labute approximate surface area is 146 Å². The summed E-state index contributed by atoms with van der Waals surface area (Å²) in [7, 11) is 0. The predicted molar refractivity (Wildman–Crippen MR) is 97.4 cm³/mol. The molecule has 1 atom stereocenters. The number of rotatable bonds is 7. The van der Waals surface area contributed by atoms with Crippen molar-refractivity contribution in [3.8, 4) is 0 Å². The molecule has 1 unspecified atom stereocenters. The number of carbonyl (C=O) groups excluding carboxylic acids is 1. The average molecular weight is 332 g/mol. The van der Waals surface area contributed by atoms with Crippen molar-refractivity contribution < 1.29 is 9.90 Å². The largest absolute Gasteiger partial charge is 0.392 e. The fraction of sp³-hybridized carbons (Fsp3) is 0.650. The summed E-state index contributed by atoms with van der Waals surface area (Å²) in [6.45, 7) is 10.0. The topological polar surface area (TPSA) is 52.6 Å². The van der Waals surface area contributed by atoms with E-state index < -0.39 is 6.10 Å². The molecule has 0 bridgehead atoms. The Morgan fingerprint density at radius 2 is 1.96 bits per heavy atom. The SMILES string of the molecule is CC1CCN(Cc2cccc(CNC(=O)CC(O)C(C)C)c2)CC1. The molecule has 4 nitrogen and oxygen atoms in total. The molecule has 0 aromatic heterocycles. The minimum atomic E-state index is -0.571. The Kier molecular flexibility index (Phi) is 7.25. The van der Waals surface area contributed by atoms with Crippen LogP contribution < -0.4 is 5.32 Å². The lowest BCUT2D eigenvalue weighted by molar-refractivity contribution is -0.123. The van der Waals surface area contributed by atoms with Gasteiger partial charge in [-0.2, -0.15) is 0 Å². The maximum absolute atomic E-state index is 11.9. The molecule has 1 aliphatic rings. The number of benzene rings is 1. The van der Waals surface area contributed by atoms with Gasteiger partial charge in [-0.25, -0.2) is 0 Å². The number of amides is 1. The quantitative estimate of drug-likeness (QED) is 0.807. The van der Waals surface area contributed by atoms with E-state index in [0.29, 0.717) is 6.54 Å². The van der Waals surface area contributed by atoms with Crippen LogP contribution in [0.5, 0.6) is 0 Å². The number of piperidine rings is 1. The minimum absolute atomic E-state index is 0.0911. The van der Waals surface area contributed by atoms with Crippen LogP contribution >= 0.6 is 0 Å². The van der Waals surface area contributed by atoms with Gasteiger partial charge in [-0.15, -0.1) is 0 Å². The Bertz CT molecular complexity index is 522. The molecular weight excluding hydrogens is 300 g/mol. The van der Waals surface area contributed by atoms with Crippen molar-refractivity contribution in [2.45, 2.75) is 59.2 Å². The second-order valence-electron chi connectivity index (χ2n) is 7.57. The summed E-state index contributed by atoms with van der Waals surface area (Å²) in [5.41, 5.74) is 2.42. The molecule has 2 rings (SSSR count). The fourth-order valence-electron chi connectivity index (χ4n) is 3.01. The number of nitrogens with one attached hydrogen (secondary N) is 1. The molecule has 0 saturated carbocycles. The number of carbonyl (C=O) groups is 1. The monoisotopic (exact) mass is 332 g/mol. The van der Waals surface area contributed by atoms with Crippen LogP contribution in [0.1, 0.15) is 51.2 Å². The third kappa shape index (κ3) is 6.25. The maximum Gasteiger partial charge on any atom is 0.222 e. The van der Waals surface area contributed by atoms with E-state index in [1.165, 1.54) is 31.5 Å². The van der Waals surface area contributed by atoms with Gasteiger partial charge in [-0.3, -0.25) is 9.69 Å². The van der Waals surface area contributed by atoms with Crippen LogP contribution in [0.4, 0.5) is 0 Å². The third-order valence-corrected chi connectivity index (χ3v) is 4.93. The first-order chi connectivity index (χ1) is 11.4. The highest BCUT2D eigenvalue weighted by atomic mass is 16.3. The minimum Gasteiger partial charge on any atom is -0.392 e. The zero-order chi connectivity index (χ0) is 17.5. The summed E-state index contributed by atoms with van der Waals surface area (Å²) in [5.74, 6) is 0.863. The smallest absolute Gasteiger partial charge is 0.222 e. The highest BCUT2D eigenvalue weighted by Crippen LogP contribution is 2.18. The van der Waals surface area contributed by atoms with Crippen molar-refractivity contribution in [1.82, 2.24) is 10.2 Å². The molecule has 0 aliphatic carbocycles. The van der Waals surface area contributed by atoms with Crippen LogP contribution in [0.15, 0.2) is 24.3 Å². The number of aliphatic hydroxyl groups excluding tert-OH is 1. The lowest BCUT2D eigenvalue weighted by Crippen LogP contribution is -2.32. The van der Waals surface area contributed by atoms with Gasteiger partial charge in [0.2, 0.25) is 5.91 Å². The standard InChI is InChI=1S/C20H32N2O2/c1-15(2)19(23)12-20(24)21-13-17-5-4-6-18(11-17)14-22-9-7-16(3)8-10-22/h4-6,11,15-16,19,23H,7-10,12-14H2,1-3H3,(H,21,24). The number of likely N-dealkylation sites (tertiary alicyclic amines) is 1. The maximum atomic E-state index is 11.9. The molecule has 1 saturated heterocycles. The highest BCUT2D eigenvalue weighted by Gasteiger charge is 2.16. The second-order valence-corrected chi connectivity index (χ2v) is 7.57. The van der Waals surface area contributed by atoms with Crippen LogP contribution in [0, 0.1) is 11.8 Å². The van der Waals surface area contributed by atoms with Crippen LogP contribution in [-0.4, -0.2) is 35.1 Å². The van der Waals surface area contributed by atoms with E-state index in [-0.39, 0.29) is 18.2 Å². The molecule has 1 heterocycles. The molecule has 1 aromatic carbocycles. The Hall–Kier alpha value is -1.39. The first kappa shape index (κ1) is 18.9. The van der Waals surface area contributed by atoms with Crippen molar-refractivity contribution in [3.63, 3.8) is 0 Å². The van der Waals surface area contributed by atoms with Gasteiger partial charge in [-0.1, -0.05) is 45.0 Å². The van der Waals surface area contributed by atoms with Gasteiger partial charge in [0.05, 0.1) is 12.5 Å². The lowest BCUT2D eigenvalue weighted by Gasteiger charge is -2.30. The molecular formula is C20H32N2O2. The molecule has 1 fully saturated rings. The molecule has 24 heavy (non-hydrogen) atoms. The Morgan fingerprint density at radius 3 is 2.62 bits per heavy atom. The molecule has 1 aromatic rings. The molecule has 1 aliphatic heterocycles. The third-order valence-electron chi connectivity index (χ3n) is 4.93. The first-order valence-electron chi connectivity index (χ1n) is 9.19. The number of hydrogen-bond donors (Lipinski definition) is 2. The number of hydrogen-bond acceptors (Lipinski definition) is 3. The zero-order valence-corrected chi connectivity index (χ0v) is 15.3.